The summed E-state index contributed by atoms with van der Waals surface area (Å²) in [7, 11) is 0. The van der Waals surface area contributed by atoms with Crippen molar-refractivity contribution in [2.75, 3.05) is 13.1 Å². The van der Waals surface area contributed by atoms with Gasteiger partial charge in [-0.05, 0) is 51.5 Å². The number of hydrogen-bond acceptors (Lipinski definition) is 3. The van der Waals surface area contributed by atoms with Crippen LogP contribution in [0.4, 0.5) is 4.79 Å². The topological polar surface area (TPSA) is 50.4 Å². The molecular formula is C15H30N2O2. The van der Waals surface area contributed by atoms with Crippen LogP contribution in [-0.4, -0.2) is 30.8 Å². The average Bonchev–Trinajstić information content (AvgIpc) is 2.23. The predicted molar refractivity (Wildman–Crippen MR) is 78.2 cm³/mol. The van der Waals surface area contributed by atoms with Crippen LogP contribution >= 0.6 is 0 Å². The van der Waals surface area contributed by atoms with Crippen LogP contribution in [0.2, 0.25) is 0 Å². The SMILES string of the molecule is CC(C)(C)OC(=O)NC[C@H]1C[C@@H](C(C)(C)C)CCN1. The normalized spacial score (nSPS) is 24.9. The van der Waals surface area contributed by atoms with Crippen molar-refractivity contribution in [3.63, 3.8) is 0 Å². The maximum atomic E-state index is 11.6. The third-order valence-electron chi connectivity index (χ3n) is 3.61. The second-order valence-electron chi connectivity index (χ2n) is 7.62. The average molecular weight is 270 g/mol. The van der Waals surface area contributed by atoms with Crippen molar-refractivity contribution in [3.8, 4) is 0 Å². The number of piperidine rings is 1. The van der Waals surface area contributed by atoms with Gasteiger partial charge in [0.1, 0.15) is 5.60 Å². The zero-order chi connectivity index (χ0) is 14.7. The van der Waals surface area contributed by atoms with E-state index >= 15 is 0 Å². The van der Waals surface area contributed by atoms with Gasteiger partial charge in [0.05, 0.1) is 0 Å². The van der Waals surface area contributed by atoms with E-state index in [9.17, 15) is 4.79 Å². The molecule has 0 aliphatic carbocycles. The van der Waals surface area contributed by atoms with E-state index in [2.05, 4.69) is 31.4 Å². The van der Waals surface area contributed by atoms with Crippen LogP contribution in [-0.2, 0) is 4.74 Å². The van der Waals surface area contributed by atoms with Crippen molar-refractivity contribution >= 4 is 6.09 Å². The Morgan fingerprint density at radius 1 is 1.26 bits per heavy atom. The highest BCUT2D eigenvalue weighted by molar-refractivity contribution is 5.67. The lowest BCUT2D eigenvalue weighted by Crippen LogP contribution is -2.48. The predicted octanol–water partition coefficient (Wildman–Crippen LogP) is 2.93. The number of hydrogen-bond donors (Lipinski definition) is 2. The fraction of sp³-hybridized carbons (Fsp3) is 0.933. The molecule has 1 fully saturated rings. The van der Waals surface area contributed by atoms with Gasteiger partial charge in [-0.3, -0.25) is 0 Å². The Balaban J connectivity index is 2.35. The molecule has 0 aromatic rings. The van der Waals surface area contributed by atoms with Crippen LogP contribution < -0.4 is 10.6 Å². The van der Waals surface area contributed by atoms with Crippen LogP contribution in [0.15, 0.2) is 0 Å². The lowest BCUT2D eigenvalue weighted by Gasteiger charge is -2.38. The van der Waals surface area contributed by atoms with Crippen LogP contribution in [0, 0.1) is 11.3 Å². The Morgan fingerprint density at radius 3 is 2.42 bits per heavy atom. The van der Waals surface area contributed by atoms with Gasteiger partial charge in [-0.1, -0.05) is 20.8 Å². The Morgan fingerprint density at radius 2 is 1.89 bits per heavy atom. The first kappa shape index (κ1) is 16.3. The van der Waals surface area contributed by atoms with Gasteiger partial charge in [0.25, 0.3) is 0 Å². The van der Waals surface area contributed by atoms with E-state index in [0.717, 1.165) is 13.0 Å². The van der Waals surface area contributed by atoms with Gasteiger partial charge in [-0.15, -0.1) is 0 Å². The van der Waals surface area contributed by atoms with Crippen molar-refractivity contribution in [2.24, 2.45) is 11.3 Å². The first-order valence-corrected chi connectivity index (χ1v) is 7.28. The Hall–Kier alpha value is -0.770. The summed E-state index contributed by atoms with van der Waals surface area (Å²) in [5.41, 5.74) is -0.0930. The van der Waals surface area contributed by atoms with Crippen molar-refractivity contribution in [3.05, 3.63) is 0 Å². The highest BCUT2D eigenvalue weighted by Crippen LogP contribution is 2.33. The number of carbonyl (C=O) groups excluding carboxylic acids is 1. The Bertz CT molecular complexity index is 302. The van der Waals surface area contributed by atoms with Crippen molar-refractivity contribution in [1.29, 1.82) is 0 Å². The molecule has 0 unspecified atom stereocenters. The summed E-state index contributed by atoms with van der Waals surface area (Å²) >= 11 is 0. The number of alkyl carbamates (subject to hydrolysis) is 1. The van der Waals surface area contributed by atoms with Gasteiger partial charge in [-0.25, -0.2) is 4.79 Å². The summed E-state index contributed by atoms with van der Waals surface area (Å²) < 4.78 is 5.25. The minimum Gasteiger partial charge on any atom is -0.444 e. The fourth-order valence-corrected chi connectivity index (χ4v) is 2.47. The molecule has 0 aromatic carbocycles. The zero-order valence-electron chi connectivity index (χ0n) is 13.3. The third kappa shape index (κ3) is 6.28. The molecule has 0 aromatic heterocycles. The van der Waals surface area contributed by atoms with Gasteiger partial charge in [0.2, 0.25) is 0 Å². The highest BCUT2D eigenvalue weighted by atomic mass is 16.6. The molecule has 0 bridgehead atoms. The van der Waals surface area contributed by atoms with E-state index in [4.69, 9.17) is 4.74 Å². The van der Waals surface area contributed by atoms with Gasteiger partial charge < -0.3 is 15.4 Å². The van der Waals surface area contributed by atoms with E-state index in [-0.39, 0.29) is 6.09 Å². The molecule has 2 N–H and O–H groups in total. The van der Waals surface area contributed by atoms with Crippen LogP contribution in [0.3, 0.4) is 0 Å². The quantitative estimate of drug-likeness (QED) is 0.811. The smallest absolute Gasteiger partial charge is 0.407 e. The molecule has 1 heterocycles. The minimum atomic E-state index is -0.433. The monoisotopic (exact) mass is 270 g/mol. The van der Waals surface area contributed by atoms with Crippen molar-refractivity contribution in [2.45, 2.75) is 66.0 Å². The van der Waals surface area contributed by atoms with Crippen LogP contribution in [0.1, 0.15) is 54.4 Å². The summed E-state index contributed by atoms with van der Waals surface area (Å²) in [4.78, 5) is 11.6. The summed E-state index contributed by atoms with van der Waals surface area (Å²) in [6.45, 7) is 14.2. The van der Waals surface area contributed by atoms with Crippen molar-refractivity contribution in [1.82, 2.24) is 10.6 Å². The second-order valence-corrected chi connectivity index (χ2v) is 7.62. The van der Waals surface area contributed by atoms with E-state index in [1.807, 2.05) is 20.8 Å². The molecule has 112 valence electrons. The Labute approximate surface area is 117 Å². The molecule has 19 heavy (non-hydrogen) atoms. The molecule has 1 saturated heterocycles. The fourth-order valence-electron chi connectivity index (χ4n) is 2.47. The minimum absolute atomic E-state index is 0.327. The summed E-state index contributed by atoms with van der Waals surface area (Å²) in [6.07, 6.45) is 2.00. The molecule has 4 heteroatoms. The Kier molecular flexibility index (Phi) is 5.25. The maximum Gasteiger partial charge on any atom is 0.407 e. The summed E-state index contributed by atoms with van der Waals surface area (Å²) in [5, 5.41) is 6.33. The number of rotatable bonds is 2. The molecule has 1 amide bonds. The third-order valence-corrected chi connectivity index (χ3v) is 3.61. The van der Waals surface area contributed by atoms with Gasteiger partial charge in [0, 0.05) is 12.6 Å². The number of ether oxygens (including phenoxy) is 1. The summed E-state index contributed by atoms with van der Waals surface area (Å²) in [5.74, 6) is 0.708. The van der Waals surface area contributed by atoms with E-state index < -0.39 is 5.60 Å². The van der Waals surface area contributed by atoms with Crippen LogP contribution in [0.25, 0.3) is 0 Å². The van der Waals surface area contributed by atoms with Crippen LogP contribution in [0.5, 0.6) is 0 Å². The standard InChI is InChI=1S/C15H30N2O2/c1-14(2,3)11-7-8-16-12(9-11)10-17-13(18)19-15(4,5)6/h11-12,16H,7-10H2,1-6H3,(H,17,18)/t11-,12+/m0/s1. The van der Waals surface area contributed by atoms with Gasteiger partial charge >= 0.3 is 6.09 Å². The van der Waals surface area contributed by atoms with E-state index in [0.29, 0.717) is 23.9 Å². The molecule has 2 atom stereocenters. The van der Waals surface area contributed by atoms with E-state index in [1.165, 1.54) is 6.42 Å². The van der Waals surface area contributed by atoms with Gasteiger partial charge in [0.15, 0.2) is 0 Å². The molecule has 0 radical (unpaired) electrons. The lowest BCUT2D eigenvalue weighted by molar-refractivity contribution is 0.0514. The van der Waals surface area contributed by atoms with E-state index in [1.54, 1.807) is 0 Å². The lowest BCUT2D eigenvalue weighted by atomic mass is 9.74. The largest absolute Gasteiger partial charge is 0.444 e. The maximum absolute atomic E-state index is 11.6. The molecule has 0 saturated carbocycles. The molecular weight excluding hydrogens is 240 g/mol. The zero-order valence-corrected chi connectivity index (χ0v) is 13.3. The second kappa shape index (κ2) is 6.12. The highest BCUT2D eigenvalue weighted by Gasteiger charge is 2.30. The summed E-state index contributed by atoms with van der Waals surface area (Å²) in [6, 6.07) is 0.352. The molecule has 1 aliphatic heterocycles. The first-order chi connectivity index (χ1) is 8.58. The molecule has 4 nitrogen and oxygen atoms in total. The molecule has 1 aliphatic rings. The number of nitrogens with one attached hydrogen (secondary N) is 2. The molecule has 1 rings (SSSR count). The van der Waals surface area contributed by atoms with Crippen molar-refractivity contribution < 1.29 is 9.53 Å². The number of amides is 1. The molecule has 0 spiro atoms. The number of carbonyl (C=O) groups is 1. The first-order valence-electron chi connectivity index (χ1n) is 7.28. The van der Waals surface area contributed by atoms with Gasteiger partial charge in [-0.2, -0.15) is 0 Å².